The van der Waals surface area contributed by atoms with E-state index in [9.17, 15) is 0 Å². The van der Waals surface area contributed by atoms with Gasteiger partial charge in [0.05, 0.1) is 12.3 Å². The van der Waals surface area contributed by atoms with Crippen molar-refractivity contribution in [3.05, 3.63) is 18.0 Å². The number of hydrogen-bond acceptors (Lipinski definition) is 7. The minimum Gasteiger partial charge on any atom is -0.476 e. The fourth-order valence-electron chi connectivity index (χ4n) is 1.26. The second-order valence-electron chi connectivity index (χ2n) is 4.46. The molecule has 0 unspecified atom stereocenters. The van der Waals surface area contributed by atoms with E-state index < -0.39 is 0 Å². The minimum atomic E-state index is 0.434. The molecular weight excluding hydrogens is 280 g/mol. The average Bonchev–Trinajstić information content (AvgIpc) is 2.75. The molecule has 0 atom stereocenters. The Morgan fingerprint density at radius 2 is 2.16 bits per heavy atom. The van der Waals surface area contributed by atoms with Crippen LogP contribution in [0.3, 0.4) is 0 Å². The van der Waals surface area contributed by atoms with Gasteiger partial charge in [0.1, 0.15) is 10.9 Å². The molecule has 2 aromatic heterocycles. The highest BCUT2D eigenvalue weighted by Gasteiger charge is 2.09. The van der Waals surface area contributed by atoms with Crippen molar-refractivity contribution in [1.29, 1.82) is 0 Å². The maximum Gasteiger partial charge on any atom is 0.238 e. The van der Waals surface area contributed by atoms with Crippen molar-refractivity contribution < 1.29 is 4.74 Å². The third kappa shape index (κ3) is 4.07. The van der Waals surface area contributed by atoms with Crippen LogP contribution in [0.25, 0.3) is 0 Å². The predicted molar refractivity (Wildman–Crippen MR) is 77.8 cm³/mol. The largest absolute Gasteiger partial charge is 0.476 e. The van der Waals surface area contributed by atoms with Gasteiger partial charge in [-0.05, 0) is 48.3 Å². The standard InChI is InChI=1S/C12H16N4OS2/c1-7(2)6-17-11-9(13)4-5-10(15-11)18-12-14-8(3)16-19-12/h4-5,7H,6,13H2,1-3H3. The van der Waals surface area contributed by atoms with Crippen LogP contribution in [0.2, 0.25) is 0 Å². The monoisotopic (exact) mass is 296 g/mol. The van der Waals surface area contributed by atoms with Crippen LogP contribution in [0.15, 0.2) is 21.5 Å². The molecule has 2 rings (SSSR count). The highest BCUT2D eigenvalue weighted by atomic mass is 32.2. The lowest BCUT2D eigenvalue weighted by Crippen LogP contribution is -2.07. The molecular formula is C12H16N4OS2. The van der Waals surface area contributed by atoms with Crippen LogP contribution in [0.1, 0.15) is 19.7 Å². The summed E-state index contributed by atoms with van der Waals surface area (Å²) >= 11 is 2.83. The predicted octanol–water partition coefficient (Wildman–Crippen LogP) is 3.01. The first-order valence-electron chi connectivity index (χ1n) is 5.92. The van der Waals surface area contributed by atoms with Crippen molar-refractivity contribution in [3.8, 4) is 5.88 Å². The van der Waals surface area contributed by atoms with E-state index in [0.717, 1.165) is 15.2 Å². The smallest absolute Gasteiger partial charge is 0.238 e. The van der Waals surface area contributed by atoms with Crippen molar-refractivity contribution in [2.75, 3.05) is 12.3 Å². The molecule has 2 N–H and O–H groups in total. The lowest BCUT2D eigenvalue weighted by molar-refractivity contribution is 0.261. The number of anilines is 1. The zero-order valence-electron chi connectivity index (χ0n) is 11.1. The molecule has 0 saturated carbocycles. The van der Waals surface area contributed by atoms with Crippen molar-refractivity contribution >= 4 is 29.0 Å². The van der Waals surface area contributed by atoms with Crippen molar-refractivity contribution in [2.24, 2.45) is 5.92 Å². The van der Waals surface area contributed by atoms with Gasteiger partial charge in [0.25, 0.3) is 0 Å². The van der Waals surface area contributed by atoms with Crippen LogP contribution in [-0.4, -0.2) is 20.9 Å². The molecule has 0 amide bonds. The Bertz CT molecular complexity index is 556. The summed E-state index contributed by atoms with van der Waals surface area (Å²) in [5.74, 6) is 1.70. The van der Waals surface area contributed by atoms with Crippen molar-refractivity contribution in [1.82, 2.24) is 14.3 Å². The van der Waals surface area contributed by atoms with Gasteiger partial charge in [-0.25, -0.2) is 9.97 Å². The van der Waals surface area contributed by atoms with E-state index >= 15 is 0 Å². The van der Waals surface area contributed by atoms with Gasteiger partial charge in [0.2, 0.25) is 5.88 Å². The SMILES string of the molecule is Cc1nsc(Sc2ccc(N)c(OCC(C)C)n2)n1. The van der Waals surface area contributed by atoms with Gasteiger partial charge in [-0.3, -0.25) is 0 Å². The van der Waals surface area contributed by atoms with E-state index in [-0.39, 0.29) is 0 Å². The van der Waals surface area contributed by atoms with Gasteiger partial charge in [-0.2, -0.15) is 4.37 Å². The molecule has 0 aliphatic heterocycles. The van der Waals surface area contributed by atoms with E-state index in [1.807, 2.05) is 13.0 Å². The molecule has 2 aromatic rings. The molecule has 0 radical (unpaired) electrons. The first kappa shape index (κ1) is 14.1. The second kappa shape index (κ2) is 6.21. The van der Waals surface area contributed by atoms with Gasteiger partial charge in [0.15, 0.2) is 4.34 Å². The molecule has 0 aliphatic carbocycles. The Labute approximate surface area is 120 Å². The van der Waals surface area contributed by atoms with E-state index in [1.54, 1.807) is 6.07 Å². The van der Waals surface area contributed by atoms with Crippen LogP contribution >= 0.6 is 23.3 Å². The Morgan fingerprint density at radius 1 is 1.37 bits per heavy atom. The fraction of sp³-hybridized carbons (Fsp3) is 0.417. The van der Waals surface area contributed by atoms with Crippen LogP contribution in [-0.2, 0) is 0 Å². The molecule has 102 valence electrons. The highest BCUT2D eigenvalue weighted by Crippen LogP contribution is 2.30. The summed E-state index contributed by atoms with van der Waals surface area (Å²) < 4.78 is 10.6. The second-order valence-corrected chi connectivity index (χ2v) is 6.48. The molecule has 7 heteroatoms. The van der Waals surface area contributed by atoms with Gasteiger partial charge in [0, 0.05) is 0 Å². The Hall–Kier alpha value is -1.34. The van der Waals surface area contributed by atoms with Crippen molar-refractivity contribution in [3.63, 3.8) is 0 Å². The van der Waals surface area contributed by atoms with Crippen LogP contribution in [0, 0.1) is 12.8 Å². The molecule has 0 aliphatic rings. The Balaban J connectivity index is 2.11. The molecule has 0 fully saturated rings. The number of hydrogen-bond donors (Lipinski definition) is 1. The van der Waals surface area contributed by atoms with Crippen molar-refractivity contribution in [2.45, 2.75) is 30.1 Å². The van der Waals surface area contributed by atoms with Crippen LogP contribution in [0.5, 0.6) is 5.88 Å². The zero-order valence-corrected chi connectivity index (χ0v) is 12.7. The summed E-state index contributed by atoms with van der Waals surface area (Å²) in [7, 11) is 0. The molecule has 0 aromatic carbocycles. The number of ether oxygens (including phenoxy) is 1. The first-order valence-corrected chi connectivity index (χ1v) is 7.51. The summed E-state index contributed by atoms with van der Waals surface area (Å²) in [6.45, 7) is 6.63. The lowest BCUT2D eigenvalue weighted by atomic mass is 10.2. The quantitative estimate of drug-likeness (QED) is 0.914. The van der Waals surface area contributed by atoms with E-state index in [1.165, 1.54) is 23.3 Å². The third-order valence-corrected chi connectivity index (χ3v) is 3.90. The third-order valence-electron chi connectivity index (χ3n) is 2.12. The summed E-state index contributed by atoms with van der Waals surface area (Å²) in [5, 5.41) is 0.809. The Kier molecular flexibility index (Phi) is 4.60. The van der Waals surface area contributed by atoms with E-state index in [2.05, 4.69) is 28.2 Å². The number of nitrogen functional groups attached to an aromatic ring is 1. The summed E-state index contributed by atoms with van der Waals surface area (Å²) in [6, 6.07) is 3.66. The van der Waals surface area contributed by atoms with Gasteiger partial charge >= 0.3 is 0 Å². The maximum atomic E-state index is 5.85. The van der Waals surface area contributed by atoms with Crippen LogP contribution in [0.4, 0.5) is 5.69 Å². The van der Waals surface area contributed by atoms with Gasteiger partial charge < -0.3 is 10.5 Å². The number of nitrogens with zero attached hydrogens (tertiary/aromatic N) is 3. The topological polar surface area (TPSA) is 73.9 Å². The number of pyridine rings is 1. The maximum absolute atomic E-state index is 5.85. The zero-order chi connectivity index (χ0) is 13.8. The number of rotatable bonds is 5. The molecule has 2 heterocycles. The van der Waals surface area contributed by atoms with Crippen LogP contribution < -0.4 is 10.5 Å². The lowest BCUT2D eigenvalue weighted by Gasteiger charge is -2.10. The first-order chi connectivity index (χ1) is 9.04. The summed E-state index contributed by atoms with van der Waals surface area (Å²) in [5.41, 5.74) is 6.41. The average molecular weight is 296 g/mol. The Morgan fingerprint density at radius 3 is 2.79 bits per heavy atom. The fourth-order valence-corrected chi connectivity index (χ4v) is 2.82. The van der Waals surface area contributed by atoms with E-state index in [0.29, 0.717) is 24.1 Å². The molecule has 5 nitrogen and oxygen atoms in total. The minimum absolute atomic E-state index is 0.434. The van der Waals surface area contributed by atoms with Gasteiger partial charge in [-0.15, -0.1) is 0 Å². The highest BCUT2D eigenvalue weighted by molar-refractivity contribution is 8.00. The van der Waals surface area contributed by atoms with Gasteiger partial charge in [-0.1, -0.05) is 13.8 Å². The number of nitrogens with two attached hydrogens (primary N) is 1. The molecule has 0 bridgehead atoms. The summed E-state index contributed by atoms with van der Waals surface area (Å²) in [4.78, 5) is 8.69. The normalized spacial score (nSPS) is 10.9. The molecule has 0 saturated heterocycles. The molecule has 19 heavy (non-hydrogen) atoms. The number of aryl methyl sites for hydroxylation is 1. The molecule has 0 spiro atoms. The summed E-state index contributed by atoms with van der Waals surface area (Å²) in [6.07, 6.45) is 0. The number of aromatic nitrogens is 3. The van der Waals surface area contributed by atoms with E-state index in [4.69, 9.17) is 10.5 Å².